The van der Waals surface area contributed by atoms with Crippen molar-refractivity contribution in [3.63, 3.8) is 0 Å². The first-order chi connectivity index (χ1) is 13.5. The van der Waals surface area contributed by atoms with Crippen LogP contribution in [0.25, 0.3) is 9.88 Å². The molecule has 28 heavy (non-hydrogen) atoms. The highest BCUT2D eigenvalue weighted by Gasteiger charge is 2.22. The molecule has 1 amide bonds. The van der Waals surface area contributed by atoms with Crippen molar-refractivity contribution >= 4 is 50.9 Å². The molecule has 0 unspecified atom stereocenters. The number of thiazole rings is 1. The fourth-order valence-electron chi connectivity index (χ4n) is 2.74. The Morgan fingerprint density at radius 3 is 2.71 bits per heavy atom. The Bertz CT molecular complexity index is 942. The summed E-state index contributed by atoms with van der Waals surface area (Å²) in [4.78, 5) is 30.6. The first-order valence-electron chi connectivity index (χ1n) is 9.03. The van der Waals surface area contributed by atoms with Gasteiger partial charge < -0.3 is 10.1 Å². The van der Waals surface area contributed by atoms with E-state index >= 15 is 0 Å². The molecule has 0 aliphatic rings. The van der Waals surface area contributed by atoms with Gasteiger partial charge in [0, 0.05) is 5.38 Å². The summed E-state index contributed by atoms with van der Waals surface area (Å²) in [6.45, 7) is 6.27. The number of hydrogen-bond donors (Lipinski definition) is 1. The number of anilines is 1. The van der Waals surface area contributed by atoms with Crippen LogP contribution in [0.2, 0.25) is 0 Å². The second-order valence-corrected chi connectivity index (χ2v) is 9.32. The number of nitrogens with one attached hydrogen (secondary N) is 1. The van der Waals surface area contributed by atoms with E-state index in [1.165, 1.54) is 22.7 Å². The molecule has 148 valence electrons. The van der Waals surface area contributed by atoms with Crippen molar-refractivity contribution in [2.75, 3.05) is 11.9 Å². The molecular formula is C20H22N2O3S3. The zero-order valence-corrected chi connectivity index (χ0v) is 18.4. The lowest BCUT2D eigenvalue weighted by Gasteiger charge is -2.09. The smallest absolute Gasteiger partial charge is 0.341 e. The number of carbonyl (C=O) groups is 2. The second kappa shape index (κ2) is 9.45. The maximum atomic E-state index is 12.6. The topological polar surface area (TPSA) is 68.3 Å². The zero-order chi connectivity index (χ0) is 20.1. The number of rotatable bonds is 8. The van der Waals surface area contributed by atoms with Crippen LogP contribution in [-0.4, -0.2) is 23.5 Å². The highest BCUT2D eigenvalue weighted by molar-refractivity contribution is 7.20. The number of aromatic nitrogens is 1. The van der Waals surface area contributed by atoms with E-state index in [1.54, 1.807) is 18.3 Å². The third-order valence-electron chi connectivity index (χ3n) is 3.85. The molecule has 3 heterocycles. The van der Waals surface area contributed by atoms with Crippen molar-refractivity contribution in [1.29, 1.82) is 0 Å². The van der Waals surface area contributed by atoms with Gasteiger partial charge >= 0.3 is 5.97 Å². The Hall–Kier alpha value is -2.03. The molecule has 0 bridgehead atoms. The number of amides is 1. The first-order valence-corrected chi connectivity index (χ1v) is 11.7. The molecule has 0 saturated carbocycles. The number of ether oxygens (including phenoxy) is 1. The van der Waals surface area contributed by atoms with Gasteiger partial charge in [-0.25, -0.2) is 9.78 Å². The first kappa shape index (κ1) is 20.7. The van der Waals surface area contributed by atoms with Gasteiger partial charge in [-0.15, -0.1) is 34.0 Å². The van der Waals surface area contributed by atoms with Gasteiger partial charge in [0.2, 0.25) is 5.91 Å². The molecule has 0 aliphatic heterocycles. The van der Waals surface area contributed by atoms with Crippen LogP contribution in [0.15, 0.2) is 28.3 Å². The normalized spacial score (nSPS) is 11.0. The number of esters is 1. The molecule has 3 aromatic rings. The van der Waals surface area contributed by atoms with E-state index in [-0.39, 0.29) is 18.3 Å². The summed E-state index contributed by atoms with van der Waals surface area (Å²) in [5.74, 6) is -0.174. The van der Waals surface area contributed by atoms with Gasteiger partial charge in [0.15, 0.2) is 0 Å². The maximum absolute atomic E-state index is 12.6. The summed E-state index contributed by atoms with van der Waals surface area (Å²) in [5.41, 5.74) is 2.12. The van der Waals surface area contributed by atoms with Crippen LogP contribution in [0.4, 0.5) is 5.00 Å². The summed E-state index contributed by atoms with van der Waals surface area (Å²) in [6, 6.07) is 4.00. The Balaban J connectivity index is 1.73. The lowest BCUT2D eigenvalue weighted by molar-refractivity contribution is -0.115. The van der Waals surface area contributed by atoms with E-state index in [4.69, 9.17) is 4.74 Å². The van der Waals surface area contributed by atoms with E-state index in [2.05, 4.69) is 24.1 Å². The van der Waals surface area contributed by atoms with Gasteiger partial charge in [0.05, 0.1) is 29.2 Å². The van der Waals surface area contributed by atoms with Gasteiger partial charge in [0.1, 0.15) is 10.0 Å². The molecule has 3 aromatic heterocycles. The second-order valence-electron chi connectivity index (χ2n) is 6.63. The number of hydrogen-bond acceptors (Lipinski definition) is 7. The molecule has 0 atom stereocenters. The third-order valence-corrected chi connectivity index (χ3v) is 6.73. The molecular weight excluding hydrogens is 412 g/mol. The highest BCUT2D eigenvalue weighted by atomic mass is 32.1. The average molecular weight is 435 g/mol. The van der Waals surface area contributed by atoms with Crippen molar-refractivity contribution < 1.29 is 14.3 Å². The van der Waals surface area contributed by atoms with Gasteiger partial charge in [0.25, 0.3) is 0 Å². The third kappa shape index (κ3) is 5.06. The molecule has 0 fully saturated rings. The van der Waals surface area contributed by atoms with Crippen molar-refractivity contribution in [3.05, 3.63) is 45.1 Å². The highest BCUT2D eigenvalue weighted by Crippen LogP contribution is 2.31. The van der Waals surface area contributed by atoms with Crippen LogP contribution in [-0.2, 0) is 22.4 Å². The fraction of sp³-hybridized carbons (Fsp3) is 0.350. The van der Waals surface area contributed by atoms with Crippen LogP contribution in [0.3, 0.4) is 0 Å². The van der Waals surface area contributed by atoms with Crippen molar-refractivity contribution in [2.45, 2.75) is 33.6 Å². The molecule has 0 aromatic carbocycles. The Morgan fingerprint density at radius 2 is 2.04 bits per heavy atom. The fourth-order valence-corrected chi connectivity index (χ4v) is 5.35. The monoisotopic (exact) mass is 434 g/mol. The maximum Gasteiger partial charge on any atom is 0.341 e. The lowest BCUT2D eigenvalue weighted by Crippen LogP contribution is -2.17. The lowest BCUT2D eigenvalue weighted by atomic mass is 10.0. The van der Waals surface area contributed by atoms with Gasteiger partial charge in [-0.3, -0.25) is 4.79 Å². The van der Waals surface area contributed by atoms with E-state index in [0.29, 0.717) is 23.1 Å². The minimum absolute atomic E-state index is 0.168. The SMILES string of the molecule is CCOC(=O)c1c(CC(C)C)csc1NC(=O)Cc1csc(-c2cccs2)n1. The van der Waals surface area contributed by atoms with Crippen molar-refractivity contribution in [1.82, 2.24) is 4.98 Å². The van der Waals surface area contributed by atoms with Crippen LogP contribution >= 0.6 is 34.0 Å². The Morgan fingerprint density at radius 1 is 1.21 bits per heavy atom. The Kier molecular flexibility index (Phi) is 6.98. The molecule has 5 nitrogen and oxygen atoms in total. The van der Waals surface area contributed by atoms with Crippen LogP contribution in [0.5, 0.6) is 0 Å². The van der Waals surface area contributed by atoms with Gasteiger partial charge in [-0.2, -0.15) is 0 Å². The van der Waals surface area contributed by atoms with Gasteiger partial charge in [-0.1, -0.05) is 19.9 Å². The quantitative estimate of drug-likeness (QED) is 0.476. The van der Waals surface area contributed by atoms with E-state index < -0.39 is 0 Å². The zero-order valence-electron chi connectivity index (χ0n) is 16.0. The van der Waals surface area contributed by atoms with Crippen LogP contribution < -0.4 is 5.32 Å². The van der Waals surface area contributed by atoms with Crippen LogP contribution in [0.1, 0.15) is 42.4 Å². The summed E-state index contributed by atoms with van der Waals surface area (Å²) in [6.07, 6.45) is 0.929. The molecule has 0 aliphatic carbocycles. The van der Waals surface area contributed by atoms with Crippen molar-refractivity contribution in [3.8, 4) is 9.88 Å². The van der Waals surface area contributed by atoms with E-state index in [9.17, 15) is 9.59 Å². The number of thiophene rings is 2. The Labute approximate surface area is 176 Å². The number of nitrogens with zero attached hydrogens (tertiary/aromatic N) is 1. The van der Waals surface area contributed by atoms with Crippen LogP contribution in [0, 0.1) is 5.92 Å². The molecule has 0 spiro atoms. The van der Waals surface area contributed by atoms with E-state index in [1.807, 2.05) is 28.3 Å². The minimum Gasteiger partial charge on any atom is -0.462 e. The largest absolute Gasteiger partial charge is 0.462 e. The van der Waals surface area contributed by atoms with E-state index in [0.717, 1.165) is 27.6 Å². The average Bonchev–Trinajstić information content (AvgIpc) is 3.35. The number of carbonyl (C=O) groups excluding carboxylic acids is 2. The van der Waals surface area contributed by atoms with Crippen molar-refractivity contribution in [2.24, 2.45) is 5.92 Å². The molecule has 8 heteroatoms. The summed E-state index contributed by atoms with van der Waals surface area (Å²) in [7, 11) is 0. The summed E-state index contributed by atoms with van der Waals surface area (Å²) in [5, 5.41) is 10.2. The predicted octanol–water partition coefficient (Wildman–Crippen LogP) is 5.49. The van der Waals surface area contributed by atoms with Gasteiger partial charge in [-0.05, 0) is 41.7 Å². The summed E-state index contributed by atoms with van der Waals surface area (Å²) < 4.78 is 5.20. The molecule has 0 radical (unpaired) electrons. The summed E-state index contributed by atoms with van der Waals surface area (Å²) >= 11 is 4.52. The molecule has 1 N–H and O–H groups in total. The molecule has 0 saturated heterocycles. The predicted molar refractivity (Wildman–Crippen MR) is 117 cm³/mol. The molecule has 3 rings (SSSR count). The standard InChI is InChI=1S/C20H22N2O3S3/c1-4-25-20(24)17-13(8-12(2)3)10-27-19(17)22-16(23)9-14-11-28-18(21-14)15-6-5-7-26-15/h5-7,10-12H,4,8-9H2,1-3H3,(H,22,23). The minimum atomic E-state index is -0.386.